The van der Waals surface area contributed by atoms with E-state index in [9.17, 15) is 14.0 Å². The van der Waals surface area contributed by atoms with Crippen LogP contribution >= 0.6 is 0 Å². The number of hydrogen-bond acceptors (Lipinski definition) is 6. The molecule has 2 aromatic heterocycles. The van der Waals surface area contributed by atoms with Gasteiger partial charge in [-0.15, -0.1) is 0 Å². The summed E-state index contributed by atoms with van der Waals surface area (Å²) in [7, 11) is 1.65. The van der Waals surface area contributed by atoms with Crippen molar-refractivity contribution in [1.29, 1.82) is 0 Å². The van der Waals surface area contributed by atoms with Crippen molar-refractivity contribution < 1.29 is 23.5 Å². The Morgan fingerprint density at radius 1 is 1.18 bits per heavy atom. The predicted octanol–water partition coefficient (Wildman–Crippen LogP) is 3.14. The van der Waals surface area contributed by atoms with Crippen LogP contribution < -0.4 is 15.0 Å². The summed E-state index contributed by atoms with van der Waals surface area (Å²) >= 11 is 0. The molecule has 0 saturated carbocycles. The fraction of sp³-hybridized carbons (Fsp3) is 0.310. The molecule has 4 heterocycles. The van der Waals surface area contributed by atoms with Gasteiger partial charge in [0.05, 0.1) is 5.69 Å². The van der Waals surface area contributed by atoms with Crippen LogP contribution in [0.15, 0.2) is 54.7 Å². The van der Waals surface area contributed by atoms with Gasteiger partial charge in [-0.2, -0.15) is 4.39 Å². The maximum Gasteiger partial charge on any atom is 0.270 e. The summed E-state index contributed by atoms with van der Waals surface area (Å²) in [6, 6.07) is 12.5. The third-order valence-corrected chi connectivity index (χ3v) is 6.52. The predicted molar refractivity (Wildman–Crippen MR) is 138 cm³/mol. The van der Waals surface area contributed by atoms with E-state index in [4.69, 9.17) is 9.47 Å². The van der Waals surface area contributed by atoms with E-state index in [0.29, 0.717) is 29.5 Å². The number of anilines is 1. The van der Waals surface area contributed by atoms with Crippen molar-refractivity contribution in [2.24, 2.45) is 5.92 Å². The zero-order valence-electron chi connectivity index (χ0n) is 20.9. The molecule has 2 aliphatic heterocycles. The van der Waals surface area contributed by atoms with Crippen LogP contribution in [-0.4, -0.2) is 54.7 Å². The molecule has 2 amide bonds. The summed E-state index contributed by atoms with van der Waals surface area (Å²) in [6.45, 7) is 1.43. The molecule has 9 heteroatoms. The van der Waals surface area contributed by atoms with E-state index < -0.39 is 17.9 Å². The third kappa shape index (κ3) is 5.98. The minimum absolute atomic E-state index is 0.0259. The number of likely N-dealkylation sites (N-methyl/N-ethyl adjacent to an activating group) is 1. The molecule has 1 fully saturated rings. The van der Waals surface area contributed by atoms with Gasteiger partial charge < -0.3 is 19.7 Å². The molecule has 0 radical (unpaired) electrons. The van der Waals surface area contributed by atoms with Crippen LogP contribution in [-0.2, 0) is 16.0 Å². The lowest BCUT2D eigenvalue weighted by Crippen LogP contribution is -2.49. The van der Waals surface area contributed by atoms with Gasteiger partial charge in [0.2, 0.25) is 5.95 Å². The average molecular weight is 515 g/mol. The number of halogens is 1. The van der Waals surface area contributed by atoms with Gasteiger partial charge in [-0.05, 0) is 60.9 Å². The van der Waals surface area contributed by atoms with E-state index >= 15 is 0 Å². The molecular formula is C29H27FN4O4. The zero-order chi connectivity index (χ0) is 26.5. The monoisotopic (exact) mass is 514 g/mol. The van der Waals surface area contributed by atoms with E-state index in [1.54, 1.807) is 37.4 Å². The first-order valence-corrected chi connectivity index (χ1v) is 12.5. The van der Waals surface area contributed by atoms with Gasteiger partial charge in [-0.1, -0.05) is 17.9 Å². The molecule has 2 aliphatic rings. The normalized spacial score (nSPS) is 17.5. The molecule has 194 valence electrons. The molecule has 38 heavy (non-hydrogen) atoms. The number of amides is 2. The first-order valence-electron chi connectivity index (χ1n) is 12.5. The van der Waals surface area contributed by atoms with Crippen molar-refractivity contribution in [2.75, 3.05) is 31.8 Å². The Bertz CT molecular complexity index is 1410. The Kier molecular flexibility index (Phi) is 7.61. The molecule has 1 N–H and O–H groups in total. The number of rotatable bonds is 4. The minimum Gasteiger partial charge on any atom is -0.489 e. The highest BCUT2D eigenvalue weighted by Gasteiger charge is 2.31. The van der Waals surface area contributed by atoms with Gasteiger partial charge in [-0.25, -0.2) is 4.98 Å². The van der Waals surface area contributed by atoms with Crippen molar-refractivity contribution >= 4 is 17.5 Å². The minimum atomic E-state index is -0.910. The second kappa shape index (κ2) is 11.4. The number of nitrogens with zero attached hydrogens (tertiary/aromatic N) is 3. The number of nitrogens with one attached hydrogen (secondary N) is 1. The highest BCUT2D eigenvalue weighted by Crippen LogP contribution is 2.31. The number of carbonyl (C=O) groups is 2. The highest BCUT2D eigenvalue weighted by atomic mass is 19.1. The Morgan fingerprint density at radius 3 is 2.84 bits per heavy atom. The number of hydrogen-bond donors (Lipinski definition) is 1. The second-order valence-electron chi connectivity index (χ2n) is 9.25. The number of pyridine rings is 2. The Morgan fingerprint density at radius 2 is 2.03 bits per heavy atom. The molecule has 8 nitrogen and oxygen atoms in total. The van der Waals surface area contributed by atoms with Crippen molar-refractivity contribution in [3.8, 4) is 17.6 Å². The average Bonchev–Trinajstić information content (AvgIpc) is 3.04. The lowest BCUT2D eigenvalue weighted by molar-refractivity contribution is -0.120. The molecule has 1 unspecified atom stereocenters. The molecule has 0 bridgehead atoms. The second-order valence-corrected chi connectivity index (χ2v) is 9.25. The van der Waals surface area contributed by atoms with Gasteiger partial charge in [0.25, 0.3) is 11.8 Å². The van der Waals surface area contributed by atoms with Gasteiger partial charge in [0.15, 0.2) is 0 Å². The van der Waals surface area contributed by atoms with Crippen LogP contribution in [0.3, 0.4) is 0 Å². The van der Waals surface area contributed by atoms with Gasteiger partial charge in [0, 0.05) is 50.1 Å². The maximum atomic E-state index is 13.4. The van der Waals surface area contributed by atoms with Crippen molar-refractivity contribution in [3.05, 3.63) is 83.2 Å². The highest BCUT2D eigenvalue weighted by molar-refractivity contribution is 6.03. The van der Waals surface area contributed by atoms with E-state index in [2.05, 4.69) is 27.1 Å². The lowest BCUT2D eigenvalue weighted by atomic mass is 10.0. The van der Waals surface area contributed by atoms with E-state index in [1.807, 2.05) is 12.1 Å². The Labute approximate surface area is 220 Å². The molecular weight excluding hydrogens is 487 g/mol. The molecule has 1 atom stereocenters. The van der Waals surface area contributed by atoms with Crippen LogP contribution in [0.25, 0.3) is 0 Å². The van der Waals surface area contributed by atoms with Crippen LogP contribution in [0.2, 0.25) is 0 Å². The van der Waals surface area contributed by atoms with Gasteiger partial charge in [-0.3, -0.25) is 14.6 Å². The van der Waals surface area contributed by atoms with E-state index in [0.717, 1.165) is 37.2 Å². The van der Waals surface area contributed by atoms with Crippen LogP contribution in [0.5, 0.6) is 5.75 Å². The van der Waals surface area contributed by atoms with Gasteiger partial charge in [0.1, 0.15) is 24.1 Å². The van der Waals surface area contributed by atoms with E-state index in [-0.39, 0.29) is 18.2 Å². The molecule has 5 rings (SSSR count). The first-order chi connectivity index (χ1) is 18.5. The van der Waals surface area contributed by atoms with Crippen molar-refractivity contribution in [1.82, 2.24) is 15.3 Å². The standard InChI is InChI=1S/C29H27FN4O4/c1-34-25-17-20(6-5-19-10-13-37-14-11-19)7-8-26(25)38-18-24(29(34)36)33-28(35)23-16-21(9-12-31-23)15-22-3-2-4-27(30)32-22/h2-4,7-9,12,16-17,19,24H,10-11,13-15,18H2,1H3,(H,33,35). The number of benzene rings is 1. The summed E-state index contributed by atoms with van der Waals surface area (Å²) in [6.07, 6.45) is 3.67. The van der Waals surface area contributed by atoms with Gasteiger partial charge >= 0.3 is 0 Å². The number of carbonyl (C=O) groups excluding carboxylic acids is 2. The summed E-state index contributed by atoms with van der Waals surface area (Å²) in [5.41, 5.74) is 2.79. The smallest absolute Gasteiger partial charge is 0.270 e. The first kappa shape index (κ1) is 25.4. The SMILES string of the molecule is CN1C(=O)C(NC(=O)c2cc(Cc3cccc(F)n3)ccn2)COc2ccc(C#CC3CCOCC3)cc21. The van der Waals surface area contributed by atoms with Crippen molar-refractivity contribution in [2.45, 2.75) is 25.3 Å². The fourth-order valence-electron chi connectivity index (χ4n) is 4.41. The summed E-state index contributed by atoms with van der Waals surface area (Å²) in [4.78, 5) is 35.7. The summed E-state index contributed by atoms with van der Waals surface area (Å²) in [5, 5.41) is 2.74. The number of fused-ring (bicyclic) bond motifs is 1. The number of ether oxygens (including phenoxy) is 2. The largest absolute Gasteiger partial charge is 0.489 e. The molecule has 1 saturated heterocycles. The fourth-order valence-corrected chi connectivity index (χ4v) is 4.41. The quantitative estimate of drug-likeness (QED) is 0.425. The topological polar surface area (TPSA) is 93.7 Å². The summed E-state index contributed by atoms with van der Waals surface area (Å²) < 4.78 is 24.7. The van der Waals surface area contributed by atoms with Crippen molar-refractivity contribution in [3.63, 3.8) is 0 Å². The maximum absolute atomic E-state index is 13.4. The molecule has 3 aromatic rings. The molecule has 0 spiro atoms. The van der Waals surface area contributed by atoms with Crippen LogP contribution in [0.1, 0.15) is 40.2 Å². The Balaban J connectivity index is 1.27. The van der Waals surface area contributed by atoms with Crippen LogP contribution in [0, 0.1) is 23.7 Å². The zero-order valence-corrected chi connectivity index (χ0v) is 20.9. The van der Waals surface area contributed by atoms with E-state index in [1.165, 1.54) is 17.2 Å². The van der Waals surface area contributed by atoms with Crippen LogP contribution in [0.4, 0.5) is 10.1 Å². The number of aromatic nitrogens is 2. The summed E-state index contributed by atoms with van der Waals surface area (Å²) in [5.74, 6) is 5.96. The Hall–Kier alpha value is -4.29. The lowest BCUT2D eigenvalue weighted by Gasteiger charge is -2.20. The molecule has 1 aromatic carbocycles. The molecule has 0 aliphatic carbocycles. The third-order valence-electron chi connectivity index (χ3n) is 6.52.